The molecule has 250 valence electrons. The molecule has 2 aliphatic carbocycles. The summed E-state index contributed by atoms with van der Waals surface area (Å²) in [6, 6.07) is 32.9. The van der Waals surface area contributed by atoms with E-state index in [1.54, 1.807) is 27.6 Å². The van der Waals surface area contributed by atoms with Crippen LogP contribution in [0.1, 0.15) is 140 Å². The zero-order valence-corrected chi connectivity index (χ0v) is 31.0. The molecule has 47 heavy (non-hydrogen) atoms. The SMILES string of the molecule is CC(C)c1cc(C(C)C)c(-c2ccccc2P(C2CCCCC2)C2CCCCC2)c(C(C)C)c1.Nc1ccccc1-c1ccccc1. The van der Waals surface area contributed by atoms with E-state index in [0.717, 1.165) is 22.6 Å². The first-order chi connectivity index (χ1) is 22.8. The minimum atomic E-state index is -0.120. The Morgan fingerprint density at radius 1 is 0.532 bits per heavy atom. The highest BCUT2D eigenvalue weighted by molar-refractivity contribution is 7.67. The van der Waals surface area contributed by atoms with E-state index in [1.807, 2.05) is 42.5 Å². The Morgan fingerprint density at radius 2 is 1.00 bits per heavy atom. The van der Waals surface area contributed by atoms with Gasteiger partial charge in [-0.2, -0.15) is 0 Å². The highest BCUT2D eigenvalue weighted by Gasteiger charge is 2.34. The van der Waals surface area contributed by atoms with Crippen molar-refractivity contribution in [3.05, 3.63) is 108 Å². The van der Waals surface area contributed by atoms with E-state index in [4.69, 9.17) is 5.73 Å². The lowest BCUT2D eigenvalue weighted by molar-refractivity contribution is 0.487. The van der Waals surface area contributed by atoms with Crippen molar-refractivity contribution in [1.29, 1.82) is 0 Å². The van der Waals surface area contributed by atoms with Crippen molar-refractivity contribution in [2.75, 3.05) is 5.73 Å². The van der Waals surface area contributed by atoms with Crippen molar-refractivity contribution in [3.63, 3.8) is 0 Å². The zero-order valence-electron chi connectivity index (χ0n) is 30.1. The van der Waals surface area contributed by atoms with Crippen LogP contribution in [0.3, 0.4) is 0 Å². The fourth-order valence-corrected chi connectivity index (χ4v) is 11.9. The van der Waals surface area contributed by atoms with Crippen molar-refractivity contribution in [1.82, 2.24) is 0 Å². The van der Waals surface area contributed by atoms with Gasteiger partial charge in [-0.3, -0.25) is 0 Å². The van der Waals surface area contributed by atoms with Crippen LogP contribution in [0.2, 0.25) is 0 Å². The van der Waals surface area contributed by atoms with Crippen molar-refractivity contribution in [3.8, 4) is 22.3 Å². The number of rotatable bonds is 8. The third-order valence-electron chi connectivity index (χ3n) is 10.6. The summed E-state index contributed by atoms with van der Waals surface area (Å²) in [4.78, 5) is 0. The van der Waals surface area contributed by atoms with Crippen LogP contribution < -0.4 is 11.0 Å². The number of nitrogen functional groups attached to an aromatic ring is 1. The van der Waals surface area contributed by atoms with Crippen molar-refractivity contribution in [2.45, 2.75) is 135 Å². The third kappa shape index (κ3) is 8.78. The summed E-state index contributed by atoms with van der Waals surface area (Å²) < 4.78 is 0. The third-order valence-corrected chi connectivity index (χ3v) is 14.1. The Balaban J connectivity index is 0.000000277. The second-order valence-electron chi connectivity index (χ2n) is 15.0. The molecule has 2 saturated carbocycles. The van der Waals surface area contributed by atoms with Gasteiger partial charge in [0.1, 0.15) is 0 Å². The maximum absolute atomic E-state index is 5.85. The molecule has 0 atom stereocenters. The Bertz CT molecular complexity index is 1490. The molecule has 6 rings (SSSR count). The van der Waals surface area contributed by atoms with E-state index in [-0.39, 0.29) is 7.92 Å². The highest BCUT2D eigenvalue weighted by atomic mass is 31.1. The van der Waals surface area contributed by atoms with Crippen LogP contribution >= 0.6 is 7.92 Å². The van der Waals surface area contributed by atoms with Gasteiger partial charge in [-0.15, -0.1) is 0 Å². The summed E-state index contributed by atoms with van der Waals surface area (Å²) in [5, 5.41) is 1.75. The first kappa shape index (κ1) is 35.4. The van der Waals surface area contributed by atoms with Crippen LogP contribution in [0.5, 0.6) is 0 Å². The number of para-hydroxylation sites is 1. The summed E-state index contributed by atoms with van der Waals surface area (Å²) in [5.74, 6) is 1.64. The number of anilines is 1. The molecule has 2 fully saturated rings. The van der Waals surface area contributed by atoms with Crippen molar-refractivity contribution < 1.29 is 0 Å². The lowest BCUT2D eigenvalue weighted by Gasteiger charge is -2.40. The minimum Gasteiger partial charge on any atom is -0.398 e. The van der Waals surface area contributed by atoms with Gasteiger partial charge in [0.2, 0.25) is 0 Å². The molecule has 0 aliphatic heterocycles. The Kier molecular flexibility index (Phi) is 12.8. The van der Waals surface area contributed by atoms with E-state index in [0.29, 0.717) is 17.8 Å². The zero-order chi connectivity index (χ0) is 33.3. The summed E-state index contributed by atoms with van der Waals surface area (Å²) >= 11 is 0. The Hall–Kier alpha value is -2.89. The summed E-state index contributed by atoms with van der Waals surface area (Å²) in [6.07, 6.45) is 14.6. The van der Waals surface area contributed by atoms with Crippen LogP contribution in [0.4, 0.5) is 5.69 Å². The molecule has 0 spiro atoms. The molecule has 4 aromatic carbocycles. The maximum Gasteiger partial charge on any atom is 0.0393 e. The topological polar surface area (TPSA) is 26.0 Å². The summed E-state index contributed by atoms with van der Waals surface area (Å²) in [5.41, 5.74) is 18.7. The second kappa shape index (κ2) is 17.0. The Morgan fingerprint density at radius 3 is 1.49 bits per heavy atom. The summed E-state index contributed by atoms with van der Waals surface area (Å²) in [6.45, 7) is 14.3. The molecule has 0 unspecified atom stereocenters. The predicted molar refractivity (Wildman–Crippen MR) is 211 cm³/mol. The van der Waals surface area contributed by atoms with Crippen LogP contribution in [-0.4, -0.2) is 11.3 Å². The maximum atomic E-state index is 5.85. The number of hydrogen-bond donors (Lipinski definition) is 1. The molecule has 0 saturated heterocycles. The van der Waals surface area contributed by atoms with Gasteiger partial charge in [0.05, 0.1) is 0 Å². The standard InChI is InChI=1S/C33H49P.C12H11N/c1-23(2)26-21-30(24(3)4)33(31(22-26)25(5)6)29-19-13-14-20-32(29)34(27-15-9-7-10-16-27)28-17-11-8-12-18-28;13-12-9-5-4-8-11(12)10-6-2-1-3-7-10/h13-14,19-25,27-28H,7-12,15-18H2,1-6H3;1-9H,13H2. The monoisotopic (exact) mass is 645 g/mol. The molecule has 0 amide bonds. The molecule has 4 aromatic rings. The minimum absolute atomic E-state index is 0.120. The Labute approximate surface area is 288 Å². The molecule has 2 aliphatic rings. The largest absolute Gasteiger partial charge is 0.398 e. The fraction of sp³-hybridized carbons (Fsp3) is 0.467. The van der Waals surface area contributed by atoms with Gasteiger partial charge in [0.25, 0.3) is 0 Å². The quantitative estimate of drug-likeness (QED) is 0.150. The van der Waals surface area contributed by atoms with Crippen LogP contribution in [0.15, 0.2) is 91.0 Å². The number of hydrogen-bond acceptors (Lipinski definition) is 1. The molecular weight excluding hydrogens is 585 g/mol. The van der Waals surface area contributed by atoms with Crippen molar-refractivity contribution >= 4 is 18.9 Å². The number of nitrogens with two attached hydrogens (primary N) is 1. The van der Waals surface area contributed by atoms with Gasteiger partial charge in [0.15, 0.2) is 0 Å². The van der Waals surface area contributed by atoms with E-state index < -0.39 is 0 Å². The molecule has 0 bridgehead atoms. The van der Waals surface area contributed by atoms with Crippen LogP contribution in [0, 0.1) is 0 Å². The van der Waals surface area contributed by atoms with E-state index in [9.17, 15) is 0 Å². The van der Waals surface area contributed by atoms with E-state index in [1.165, 1.54) is 75.3 Å². The van der Waals surface area contributed by atoms with Gasteiger partial charge in [-0.25, -0.2) is 0 Å². The lowest BCUT2D eigenvalue weighted by atomic mass is 9.82. The van der Waals surface area contributed by atoms with Crippen LogP contribution in [-0.2, 0) is 0 Å². The number of benzene rings is 4. The fourth-order valence-electron chi connectivity index (χ4n) is 7.96. The summed E-state index contributed by atoms with van der Waals surface area (Å²) in [7, 11) is -0.120. The molecule has 0 aromatic heterocycles. The smallest absolute Gasteiger partial charge is 0.0393 e. The average molecular weight is 646 g/mol. The molecule has 2 N–H and O–H groups in total. The van der Waals surface area contributed by atoms with E-state index >= 15 is 0 Å². The molecule has 1 nitrogen and oxygen atoms in total. The van der Waals surface area contributed by atoms with Gasteiger partial charge in [0, 0.05) is 11.3 Å². The predicted octanol–water partition coefficient (Wildman–Crippen LogP) is 13.4. The lowest BCUT2D eigenvalue weighted by Crippen LogP contribution is -2.27. The van der Waals surface area contributed by atoms with Gasteiger partial charge < -0.3 is 5.73 Å². The van der Waals surface area contributed by atoms with Gasteiger partial charge in [-0.05, 0) is 99.5 Å². The van der Waals surface area contributed by atoms with Crippen LogP contribution in [0.25, 0.3) is 22.3 Å². The first-order valence-electron chi connectivity index (χ1n) is 18.7. The van der Waals surface area contributed by atoms with Crippen molar-refractivity contribution in [2.24, 2.45) is 0 Å². The van der Waals surface area contributed by atoms with Gasteiger partial charge >= 0.3 is 0 Å². The first-order valence-corrected chi connectivity index (χ1v) is 20.2. The molecule has 0 radical (unpaired) electrons. The molecular formula is C45H60NP. The van der Waals surface area contributed by atoms with Gasteiger partial charge in [-0.1, -0.05) is 173 Å². The highest BCUT2D eigenvalue weighted by Crippen LogP contribution is 2.56. The average Bonchev–Trinajstić information content (AvgIpc) is 3.10. The second-order valence-corrected chi connectivity index (χ2v) is 17.8. The molecule has 2 heteroatoms. The normalized spacial score (nSPS) is 16.1. The molecule has 0 heterocycles. The van der Waals surface area contributed by atoms with E-state index in [2.05, 4.69) is 90.1 Å².